The van der Waals surface area contributed by atoms with Crippen molar-refractivity contribution in [1.29, 1.82) is 0 Å². The van der Waals surface area contributed by atoms with Crippen molar-refractivity contribution < 1.29 is 0 Å². The molecule has 2 rings (SSSR count). The van der Waals surface area contributed by atoms with E-state index in [4.69, 9.17) is 0 Å². The minimum atomic E-state index is 0.456. The van der Waals surface area contributed by atoms with Crippen molar-refractivity contribution in [3.8, 4) is 0 Å². The third-order valence-electron chi connectivity index (χ3n) is 4.50. The summed E-state index contributed by atoms with van der Waals surface area (Å²) in [5, 5.41) is 4.46. The van der Waals surface area contributed by atoms with Crippen LogP contribution in [0.2, 0.25) is 0 Å². The van der Waals surface area contributed by atoms with Crippen LogP contribution in [0.4, 0.5) is 5.13 Å². The Hall–Kier alpha value is -0.610. The molecule has 1 fully saturated rings. The Bertz CT molecular complexity index is 422. The van der Waals surface area contributed by atoms with E-state index in [-0.39, 0.29) is 0 Å². The molecular weight excluding hydrogens is 278 g/mol. The first-order valence-corrected chi connectivity index (χ1v) is 9.21. The number of hydrogen-bond acceptors (Lipinski definition) is 4. The van der Waals surface area contributed by atoms with E-state index in [0.29, 0.717) is 5.41 Å². The summed E-state index contributed by atoms with van der Waals surface area (Å²) in [5.74, 6) is 0.866. The van der Waals surface area contributed by atoms with Gasteiger partial charge in [0.15, 0.2) is 5.13 Å². The standard InChI is InChI=1S/C17H31N3S/c1-5-9-18-16-19-12-15(21-16)13-20-10-6-7-14(8-11-20)17(2,3)4/h12,14H,5-11,13H2,1-4H3,(H,18,19). The van der Waals surface area contributed by atoms with Crippen LogP contribution in [0.5, 0.6) is 0 Å². The van der Waals surface area contributed by atoms with E-state index in [1.54, 1.807) is 0 Å². The zero-order valence-corrected chi connectivity index (χ0v) is 14.9. The molecule has 1 aromatic rings. The van der Waals surface area contributed by atoms with E-state index in [1.165, 1.54) is 37.2 Å². The first-order chi connectivity index (χ1) is 9.99. The molecule has 2 heterocycles. The average molecular weight is 310 g/mol. The topological polar surface area (TPSA) is 28.2 Å². The maximum absolute atomic E-state index is 4.48. The lowest BCUT2D eigenvalue weighted by Crippen LogP contribution is -2.25. The lowest BCUT2D eigenvalue weighted by molar-refractivity contribution is 0.207. The molecule has 1 aliphatic rings. The molecule has 1 saturated heterocycles. The number of nitrogens with zero attached hydrogens (tertiary/aromatic N) is 2. The highest BCUT2D eigenvalue weighted by atomic mass is 32.1. The second kappa shape index (κ2) is 7.59. The van der Waals surface area contributed by atoms with Gasteiger partial charge in [-0.05, 0) is 50.1 Å². The van der Waals surface area contributed by atoms with E-state index >= 15 is 0 Å². The Kier molecular flexibility index (Phi) is 6.06. The van der Waals surface area contributed by atoms with Crippen LogP contribution in [-0.2, 0) is 6.54 Å². The highest BCUT2D eigenvalue weighted by molar-refractivity contribution is 7.15. The number of thiazole rings is 1. The molecule has 1 aromatic heterocycles. The number of likely N-dealkylation sites (tertiary alicyclic amines) is 1. The number of hydrogen-bond donors (Lipinski definition) is 1. The number of rotatable bonds is 5. The van der Waals surface area contributed by atoms with Gasteiger partial charge in [-0.2, -0.15) is 0 Å². The van der Waals surface area contributed by atoms with Crippen molar-refractivity contribution in [2.24, 2.45) is 11.3 Å². The molecule has 1 aliphatic heterocycles. The second-order valence-corrected chi connectivity index (χ2v) is 8.44. The van der Waals surface area contributed by atoms with Crippen LogP contribution < -0.4 is 5.32 Å². The highest BCUT2D eigenvalue weighted by Gasteiger charge is 2.27. The molecule has 0 bridgehead atoms. The van der Waals surface area contributed by atoms with Crippen LogP contribution in [0.1, 0.15) is 58.3 Å². The van der Waals surface area contributed by atoms with Gasteiger partial charge in [0.2, 0.25) is 0 Å². The summed E-state index contributed by atoms with van der Waals surface area (Å²) >= 11 is 1.82. The van der Waals surface area contributed by atoms with Gasteiger partial charge in [-0.3, -0.25) is 4.90 Å². The molecule has 0 aromatic carbocycles. The Morgan fingerprint density at radius 2 is 2.14 bits per heavy atom. The van der Waals surface area contributed by atoms with Crippen molar-refractivity contribution in [2.75, 3.05) is 25.0 Å². The average Bonchev–Trinajstić information content (AvgIpc) is 2.71. The zero-order valence-electron chi connectivity index (χ0n) is 14.1. The third kappa shape index (κ3) is 5.26. The molecule has 0 saturated carbocycles. The van der Waals surface area contributed by atoms with Crippen LogP contribution in [0.3, 0.4) is 0 Å². The largest absolute Gasteiger partial charge is 0.362 e. The van der Waals surface area contributed by atoms with Crippen LogP contribution in [0.15, 0.2) is 6.20 Å². The Balaban J connectivity index is 1.84. The normalized spacial score (nSPS) is 21.2. The molecule has 0 spiro atoms. The minimum absolute atomic E-state index is 0.456. The van der Waals surface area contributed by atoms with Gasteiger partial charge in [0.05, 0.1) is 0 Å². The molecule has 120 valence electrons. The SMILES string of the molecule is CCCNc1ncc(CN2CCCC(C(C)(C)C)CC2)s1. The Labute approximate surface area is 134 Å². The van der Waals surface area contributed by atoms with Gasteiger partial charge in [0, 0.05) is 24.2 Å². The predicted octanol–water partition coefficient (Wildman–Crippen LogP) is 4.61. The molecule has 0 amide bonds. The summed E-state index contributed by atoms with van der Waals surface area (Å²) in [5.41, 5.74) is 0.456. The maximum atomic E-state index is 4.48. The number of aromatic nitrogens is 1. The summed E-state index contributed by atoms with van der Waals surface area (Å²) in [4.78, 5) is 8.48. The predicted molar refractivity (Wildman–Crippen MR) is 93.0 cm³/mol. The fourth-order valence-corrected chi connectivity index (χ4v) is 3.98. The lowest BCUT2D eigenvalue weighted by atomic mass is 9.77. The smallest absolute Gasteiger partial charge is 0.182 e. The van der Waals surface area contributed by atoms with Gasteiger partial charge in [-0.1, -0.05) is 27.7 Å². The van der Waals surface area contributed by atoms with E-state index in [2.05, 4.69) is 49.1 Å². The maximum Gasteiger partial charge on any atom is 0.182 e. The van der Waals surface area contributed by atoms with E-state index in [1.807, 2.05) is 11.3 Å². The fraction of sp³-hybridized carbons (Fsp3) is 0.824. The lowest BCUT2D eigenvalue weighted by Gasteiger charge is -2.29. The highest BCUT2D eigenvalue weighted by Crippen LogP contribution is 2.34. The summed E-state index contributed by atoms with van der Waals surface area (Å²) in [6.45, 7) is 13.9. The summed E-state index contributed by atoms with van der Waals surface area (Å²) in [6, 6.07) is 0. The van der Waals surface area contributed by atoms with Gasteiger partial charge < -0.3 is 5.32 Å². The van der Waals surface area contributed by atoms with E-state index < -0.39 is 0 Å². The van der Waals surface area contributed by atoms with Gasteiger partial charge in [0.25, 0.3) is 0 Å². The van der Waals surface area contributed by atoms with Gasteiger partial charge in [-0.15, -0.1) is 11.3 Å². The van der Waals surface area contributed by atoms with Gasteiger partial charge in [0.1, 0.15) is 0 Å². The van der Waals surface area contributed by atoms with E-state index in [0.717, 1.165) is 30.6 Å². The summed E-state index contributed by atoms with van der Waals surface area (Å²) in [6.07, 6.45) is 7.25. The molecule has 1 N–H and O–H groups in total. The zero-order chi connectivity index (χ0) is 15.3. The molecule has 1 unspecified atom stereocenters. The van der Waals surface area contributed by atoms with Crippen molar-refractivity contribution in [3.63, 3.8) is 0 Å². The van der Waals surface area contributed by atoms with Crippen LogP contribution in [0.25, 0.3) is 0 Å². The fourth-order valence-electron chi connectivity index (χ4n) is 3.09. The van der Waals surface area contributed by atoms with Gasteiger partial charge >= 0.3 is 0 Å². The van der Waals surface area contributed by atoms with Crippen LogP contribution >= 0.6 is 11.3 Å². The summed E-state index contributed by atoms with van der Waals surface area (Å²) < 4.78 is 0. The monoisotopic (exact) mass is 309 g/mol. The number of anilines is 1. The van der Waals surface area contributed by atoms with Crippen LogP contribution in [-0.4, -0.2) is 29.5 Å². The molecule has 3 nitrogen and oxygen atoms in total. The molecule has 0 aliphatic carbocycles. The van der Waals surface area contributed by atoms with Crippen molar-refractivity contribution in [3.05, 3.63) is 11.1 Å². The minimum Gasteiger partial charge on any atom is -0.362 e. The first-order valence-electron chi connectivity index (χ1n) is 8.40. The second-order valence-electron chi connectivity index (χ2n) is 7.33. The first kappa shape index (κ1) is 16.8. The molecular formula is C17H31N3S. The quantitative estimate of drug-likeness (QED) is 0.860. The summed E-state index contributed by atoms with van der Waals surface area (Å²) in [7, 11) is 0. The van der Waals surface area contributed by atoms with Crippen molar-refractivity contribution in [2.45, 2.75) is 59.9 Å². The Morgan fingerprint density at radius 3 is 2.86 bits per heavy atom. The molecule has 1 atom stereocenters. The van der Waals surface area contributed by atoms with Crippen molar-refractivity contribution >= 4 is 16.5 Å². The molecule has 4 heteroatoms. The van der Waals surface area contributed by atoms with E-state index in [9.17, 15) is 0 Å². The van der Waals surface area contributed by atoms with Crippen LogP contribution in [0, 0.1) is 11.3 Å². The van der Waals surface area contributed by atoms with Crippen molar-refractivity contribution in [1.82, 2.24) is 9.88 Å². The molecule has 21 heavy (non-hydrogen) atoms. The Morgan fingerprint density at radius 1 is 1.33 bits per heavy atom. The third-order valence-corrected chi connectivity index (χ3v) is 5.44. The molecule has 0 radical (unpaired) electrons. The number of nitrogens with one attached hydrogen (secondary N) is 1. The van der Waals surface area contributed by atoms with Gasteiger partial charge in [-0.25, -0.2) is 4.98 Å².